The second-order valence-electron chi connectivity index (χ2n) is 9.04. The molecule has 1 aromatic heterocycles. The SMILES string of the molecule is N#CC1(NC(=O)[C@@H](N)CCC(F)(F)c2cccnc2)CC1.O=C(O)N1CCC2(CC1)CC2. The number of hydrogen-bond donors (Lipinski definition) is 3. The first-order valence-electron chi connectivity index (χ1n) is 10.9. The van der Waals surface area contributed by atoms with Gasteiger partial charge in [0.25, 0.3) is 5.92 Å². The van der Waals surface area contributed by atoms with Crippen LogP contribution in [-0.4, -0.2) is 51.7 Å². The molecule has 0 bridgehead atoms. The van der Waals surface area contributed by atoms with E-state index < -0.39 is 35.9 Å². The molecule has 2 aliphatic carbocycles. The average molecular weight is 450 g/mol. The molecule has 1 aliphatic heterocycles. The Morgan fingerprint density at radius 1 is 1.28 bits per heavy atom. The molecule has 1 spiro atoms. The van der Waals surface area contributed by atoms with E-state index in [1.54, 1.807) is 0 Å². The van der Waals surface area contributed by atoms with Gasteiger partial charge in [-0.15, -0.1) is 0 Å². The number of alkyl halides is 2. The maximum absolute atomic E-state index is 13.9. The summed E-state index contributed by atoms with van der Waals surface area (Å²) in [7, 11) is 0. The molecule has 1 atom stereocenters. The van der Waals surface area contributed by atoms with E-state index >= 15 is 0 Å². The van der Waals surface area contributed by atoms with Gasteiger partial charge in [0.05, 0.1) is 12.1 Å². The van der Waals surface area contributed by atoms with Crippen molar-refractivity contribution in [3.05, 3.63) is 30.1 Å². The van der Waals surface area contributed by atoms with E-state index in [2.05, 4.69) is 10.3 Å². The number of nitrogens with one attached hydrogen (secondary N) is 1. The third-order valence-electron chi connectivity index (χ3n) is 6.57. The third kappa shape index (κ3) is 6.13. The molecule has 4 rings (SSSR count). The topological polar surface area (TPSA) is 132 Å². The van der Waals surface area contributed by atoms with Crippen molar-refractivity contribution >= 4 is 12.0 Å². The van der Waals surface area contributed by atoms with Crippen molar-refractivity contribution in [2.24, 2.45) is 11.1 Å². The Morgan fingerprint density at radius 3 is 2.41 bits per heavy atom. The average Bonchev–Trinajstić information content (AvgIpc) is 3.72. The molecule has 0 radical (unpaired) electrons. The quantitative estimate of drug-likeness (QED) is 0.612. The number of carboxylic acid groups (broad SMARTS) is 1. The van der Waals surface area contributed by atoms with Crippen molar-refractivity contribution in [1.29, 1.82) is 5.26 Å². The minimum atomic E-state index is -3.08. The molecule has 1 saturated heterocycles. The summed E-state index contributed by atoms with van der Waals surface area (Å²) in [6.07, 6.45) is 7.06. The Labute approximate surface area is 185 Å². The van der Waals surface area contributed by atoms with Crippen LogP contribution in [0.25, 0.3) is 0 Å². The summed E-state index contributed by atoms with van der Waals surface area (Å²) in [5.74, 6) is -3.64. The first-order valence-corrected chi connectivity index (χ1v) is 10.9. The Morgan fingerprint density at radius 2 is 1.94 bits per heavy atom. The molecule has 3 aliphatic rings. The summed E-state index contributed by atoms with van der Waals surface area (Å²) >= 11 is 0. The fourth-order valence-electron chi connectivity index (χ4n) is 3.76. The largest absolute Gasteiger partial charge is 0.465 e. The second-order valence-corrected chi connectivity index (χ2v) is 9.04. The number of halogens is 2. The highest BCUT2D eigenvalue weighted by molar-refractivity contribution is 5.83. The molecule has 3 fully saturated rings. The van der Waals surface area contributed by atoms with Crippen LogP contribution in [0.15, 0.2) is 24.5 Å². The lowest BCUT2D eigenvalue weighted by atomic mass is 9.94. The van der Waals surface area contributed by atoms with Gasteiger partial charge < -0.3 is 21.1 Å². The maximum Gasteiger partial charge on any atom is 0.407 e. The predicted octanol–water partition coefficient (Wildman–Crippen LogP) is 2.99. The van der Waals surface area contributed by atoms with E-state index in [1.807, 2.05) is 6.07 Å². The van der Waals surface area contributed by atoms with Crippen LogP contribution < -0.4 is 11.1 Å². The summed E-state index contributed by atoms with van der Waals surface area (Å²) in [6, 6.07) is 3.65. The summed E-state index contributed by atoms with van der Waals surface area (Å²) < 4.78 is 27.8. The summed E-state index contributed by atoms with van der Waals surface area (Å²) in [5.41, 5.74) is 5.18. The lowest BCUT2D eigenvalue weighted by Gasteiger charge is -2.29. The number of pyridine rings is 1. The zero-order valence-corrected chi connectivity index (χ0v) is 17.9. The summed E-state index contributed by atoms with van der Waals surface area (Å²) in [5, 5.41) is 20.0. The van der Waals surface area contributed by atoms with Crippen molar-refractivity contribution in [2.45, 2.75) is 68.9 Å². The van der Waals surface area contributed by atoms with Gasteiger partial charge in [-0.1, -0.05) is 0 Å². The fourth-order valence-corrected chi connectivity index (χ4v) is 3.76. The van der Waals surface area contributed by atoms with Gasteiger partial charge in [0.15, 0.2) is 0 Å². The van der Waals surface area contributed by atoms with Gasteiger partial charge in [0, 0.05) is 37.5 Å². The zero-order chi connectivity index (χ0) is 23.4. The smallest absolute Gasteiger partial charge is 0.407 e. The number of nitriles is 1. The molecule has 2 heterocycles. The van der Waals surface area contributed by atoms with Gasteiger partial charge in [-0.2, -0.15) is 5.26 Å². The van der Waals surface area contributed by atoms with Crippen LogP contribution in [0.4, 0.5) is 13.6 Å². The first-order chi connectivity index (χ1) is 15.1. The van der Waals surface area contributed by atoms with Gasteiger partial charge >= 0.3 is 6.09 Å². The summed E-state index contributed by atoms with van der Waals surface area (Å²) in [6.45, 7) is 1.52. The number of carbonyl (C=O) groups is 2. The first kappa shape index (κ1) is 23.9. The Balaban J connectivity index is 0.000000219. The fraction of sp³-hybridized carbons (Fsp3) is 0.636. The standard InChI is InChI=1S/C14H16F2N4O.C8H13NO2/c15-14(16,10-2-1-7-19-8-10)4-3-11(18)12(21)20-13(9-17)5-6-13;10-7(11)9-5-3-8(1-2-8)4-6-9/h1-2,7-8,11H,3-6,18H2,(H,20,21);1-6H2,(H,10,11)/t11-;/m0./s1. The molecular weight excluding hydrogens is 420 g/mol. The van der Waals surface area contributed by atoms with E-state index in [0.717, 1.165) is 32.1 Å². The highest BCUT2D eigenvalue weighted by Gasteiger charge is 2.46. The minimum absolute atomic E-state index is 0.171. The van der Waals surface area contributed by atoms with Gasteiger partial charge in [-0.25, -0.2) is 13.6 Å². The molecule has 10 heteroatoms. The van der Waals surface area contributed by atoms with Gasteiger partial charge in [0.2, 0.25) is 5.91 Å². The van der Waals surface area contributed by atoms with Crippen LogP contribution >= 0.6 is 0 Å². The third-order valence-corrected chi connectivity index (χ3v) is 6.57. The number of carbonyl (C=O) groups excluding carboxylic acids is 1. The van der Waals surface area contributed by atoms with Crippen LogP contribution in [0, 0.1) is 16.7 Å². The normalized spacial score (nSPS) is 20.9. The predicted molar refractivity (Wildman–Crippen MR) is 112 cm³/mol. The van der Waals surface area contributed by atoms with E-state index in [9.17, 15) is 18.4 Å². The van der Waals surface area contributed by atoms with Gasteiger partial charge in [-0.3, -0.25) is 9.78 Å². The molecule has 8 nitrogen and oxygen atoms in total. The van der Waals surface area contributed by atoms with Gasteiger partial charge in [0.1, 0.15) is 5.54 Å². The number of aromatic nitrogens is 1. The van der Waals surface area contributed by atoms with E-state index in [1.165, 1.54) is 36.1 Å². The maximum atomic E-state index is 13.9. The van der Waals surface area contributed by atoms with Crippen LogP contribution in [0.2, 0.25) is 0 Å². The van der Waals surface area contributed by atoms with E-state index in [4.69, 9.17) is 16.1 Å². The van der Waals surface area contributed by atoms with Crippen LogP contribution in [0.1, 0.15) is 56.9 Å². The number of amides is 2. The van der Waals surface area contributed by atoms with Crippen molar-refractivity contribution in [2.75, 3.05) is 13.1 Å². The monoisotopic (exact) mass is 449 g/mol. The minimum Gasteiger partial charge on any atom is -0.465 e. The van der Waals surface area contributed by atoms with Crippen LogP contribution in [-0.2, 0) is 10.7 Å². The highest BCUT2D eigenvalue weighted by atomic mass is 19.3. The van der Waals surface area contributed by atoms with Gasteiger partial charge in [-0.05, 0) is 62.5 Å². The number of piperidine rings is 1. The molecule has 0 unspecified atom stereocenters. The number of nitrogens with zero attached hydrogens (tertiary/aromatic N) is 3. The molecule has 4 N–H and O–H groups in total. The number of nitrogens with two attached hydrogens (primary N) is 1. The molecule has 32 heavy (non-hydrogen) atoms. The van der Waals surface area contributed by atoms with E-state index in [0.29, 0.717) is 18.3 Å². The molecule has 2 amide bonds. The molecule has 174 valence electrons. The Kier molecular flexibility index (Phi) is 6.98. The number of rotatable bonds is 6. The number of likely N-dealkylation sites (tertiary alicyclic amines) is 1. The molecule has 0 aromatic carbocycles. The summed E-state index contributed by atoms with van der Waals surface area (Å²) in [4.78, 5) is 27.5. The molecule has 1 aromatic rings. The molecule has 2 saturated carbocycles. The number of hydrogen-bond acceptors (Lipinski definition) is 5. The lowest BCUT2D eigenvalue weighted by Crippen LogP contribution is -2.46. The second kappa shape index (κ2) is 9.36. The van der Waals surface area contributed by atoms with Crippen LogP contribution in [0.3, 0.4) is 0 Å². The molecular formula is C22H29F2N5O3. The lowest BCUT2D eigenvalue weighted by molar-refractivity contribution is -0.123. The Bertz CT molecular complexity index is 856. The van der Waals surface area contributed by atoms with Crippen molar-refractivity contribution < 1.29 is 23.5 Å². The van der Waals surface area contributed by atoms with E-state index in [-0.39, 0.29) is 12.0 Å². The highest BCUT2D eigenvalue weighted by Crippen LogP contribution is 2.53. The Hall–Kier alpha value is -2.80. The van der Waals surface area contributed by atoms with Crippen molar-refractivity contribution in [3.63, 3.8) is 0 Å². The van der Waals surface area contributed by atoms with Crippen molar-refractivity contribution in [3.8, 4) is 6.07 Å². The van der Waals surface area contributed by atoms with Crippen LogP contribution in [0.5, 0.6) is 0 Å². The zero-order valence-electron chi connectivity index (χ0n) is 17.9. The van der Waals surface area contributed by atoms with Crippen molar-refractivity contribution in [1.82, 2.24) is 15.2 Å².